The first-order valence-electron chi connectivity index (χ1n) is 10.7. The minimum absolute atomic E-state index is 0.124. The van der Waals surface area contributed by atoms with Crippen LogP contribution in [0, 0.1) is 5.92 Å². The molecule has 1 aromatic carbocycles. The molecule has 28 heavy (non-hydrogen) atoms. The second-order valence-corrected chi connectivity index (χ2v) is 9.84. The quantitative estimate of drug-likeness (QED) is 0.865. The van der Waals surface area contributed by atoms with Crippen molar-refractivity contribution in [3.63, 3.8) is 0 Å². The summed E-state index contributed by atoms with van der Waals surface area (Å²) in [6, 6.07) is 8.84. The Bertz CT molecular complexity index is 908. The topological polar surface area (TPSA) is 44.8 Å². The summed E-state index contributed by atoms with van der Waals surface area (Å²) in [5, 5.41) is 4.65. The second-order valence-electron chi connectivity index (χ2n) is 8.78. The molecule has 1 amide bonds. The van der Waals surface area contributed by atoms with Crippen molar-refractivity contribution >= 4 is 33.0 Å². The van der Waals surface area contributed by atoms with Gasteiger partial charge in [-0.05, 0) is 62.2 Å². The number of hydrogen-bond donors (Lipinski definition) is 1. The molecule has 2 bridgehead atoms. The second kappa shape index (κ2) is 6.44. The Morgan fingerprint density at radius 2 is 1.93 bits per heavy atom. The average molecular weight is 398 g/mol. The number of amides is 1. The van der Waals surface area contributed by atoms with E-state index in [9.17, 15) is 4.79 Å². The summed E-state index contributed by atoms with van der Waals surface area (Å²) in [7, 11) is 0. The maximum absolute atomic E-state index is 13.2. The third-order valence-corrected chi connectivity index (χ3v) is 8.54. The van der Waals surface area contributed by atoms with Crippen LogP contribution in [-0.2, 0) is 4.74 Å². The number of carbonyl (C=O) groups is 1. The molecule has 1 saturated carbocycles. The van der Waals surface area contributed by atoms with E-state index in [1.807, 2.05) is 0 Å². The van der Waals surface area contributed by atoms with Crippen molar-refractivity contribution in [2.45, 2.75) is 37.3 Å². The Balaban J connectivity index is 1.28. The van der Waals surface area contributed by atoms with Gasteiger partial charge in [0.05, 0.1) is 34.5 Å². The number of piperidine rings is 3. The summed E-state index contributed by atoms with van der Waals surface area (Å²) in [6.45, 7) is 5.83. The van der Waals surface area contributed by atoms with Crippen LogP contribution in [0.3, 0.4) is 0 Å². The zero-order valence-electron chi connectivity index (χ0n) is 16.2. The highest BCUT2D eigenvalue weighted by Crippen LogP contribution is 2.53. The molecule has 4 saturated heterocycles. The number of morpholine rings is 1. The van der Waals surface area contributed by atoms with Crippen molar-refractivity contribution in [2.24, 2.45) is 5.92 Å². The van der Waals surface area contributed by atoms with Gasteiger partial charge in [-0.25, -0.2) is 0 Å². The molecular formula is C22H27N3O2S. The number of nitrogens with one attached hydrogen (secondary N) is 1. The standard InChI is InChI=1S/C22H27N3O2S/c26-21(23-20-15-4-8-25(9-5-15)22(20)6-7-22)18-14-16-2-1-3-17(19(16)28-18)24-10-12-27-13-11-24/h1-3,14-15,20H,4-13H2,(H,23,26). The van der Waals surface area contributed by atoms with Crippen LogP contribution in [-0.4, -0.2) is 61.8 Å². The highest BCUT2D eigenvalue weighted by molar-refractivity contribution is 7.21. The first-order valence-corrected chi connectivity index (χ1v) is 11.5. The minimum atomic E-state index is 0.124. The summed E-state index contributed by atoms with van der Waals surface area (Å²) in [5.41, 5.74) is 1.53. The Hall–Kier alpha value is -1.63. The normalized spacial score (nSPS) is 30.7. The Morgan fingerprint density at radius 1 is 1.14 bits per heavy atom. The van der Waals surface area contributed by atoms with E-state index in [-0.39, 0.29) is 11.4 Å². The zero-order chi connectivity index (χ0) is 18.7. The number of anilines is 1. The SMILES string of the molecule is O=C(NC1C2CCN(CC2)C12CC2)c1cc2cccc(N3CCOCC3)c2s1. The molecule has 1 aromatic heterocycles. The van der Waals surface area contributed by atoms with Crippen LogP contribution in [0.2, 0.25) is 0 Å². The van der Waals surface area contributed by atoms with Crippen LogP contribution in [0.25, 0.3) is 10.1 Å². The van der Waals surface area contributed by atoms with Gasteiger partial charge >= 0.3 is 0 Å². The van der Waals surface area contributed by atoms with Crippen LogP contribution in [0.5, 0.6) is 0 Å². The van der Waals surface area contributed by atoms with Gasteiger partial charge in [0, 0.05) is 18.6 Å². The minimum Gasteiger partial charge on any atom is -0.378 e. The number of hydrogen-bond acceptors (Lipinski definition) is 5. The number of nitrogens with zero attached hydrogens (tertiary/aromatic N) is 2. The molecule has 1 unspecified atom stereocenters. The largest absolute Gasteiger partial charge is 0.378 e. The van der Waals surface area contributed by atoms with Crippen LogP contribution < -0.4 is 10.2 Å². The predicted octanol–water partition coefficient (Wildman–Crippen LogP) is 3.09. The van der Waals surface area contributed by atoms with E-state index in [4.69, 9.17) is 4.74 Å². The average Bonchev–Trinajstić information content (AvgIpc) is 3.39. The Morgan fingerprint density at radius 3 is 2.68 bits per heavy atom. The molecule has 1 aliphatic carbocycles. The molecule has 5 aliphatic rings. The highest BCUT2D eigenvalue weighted by Gasteiger charge is 2.60. The summed E-state index contributed by atoms with van der Waals surface area (Å²) in [6.07, 6.45) is 4.98. The molecule has 1 atom stereocenters. The fourth-order valence-corrected chi connectivity index (χ4v) is 6.85. The van der Waals surface area contributed by atoms with Crippen molar-refractivity contribution in [1.82, 2.24) is 10.2 Å². The molecule has 2 aromatic rings. The smallest absolute Gasteiger partial charge is 0.261 e. The van der Waals surface area contributed by atoms with E-state index in [0.717, 1.165) is 31.2 Å². The molecule has 1 spiro atoms. The van der Waals surface area contributed by atoms with Crippen molar-refractivity contribution in [2.75, 3.05) is 44.3 Å². The Kier molecular flexibility index (Phi) is 3.97. The fourth-order valence-electron chi connectivity index (χ4n) is 5.75. The molecule has 5 nitrogen and oxygen atoms in total. The first-order chi connectivity index (χ1) is 13.7. The van der Waals surface area contributed by atoms with Gasteiger partial charge in [-0.2, -0.15) is 0 Å². The van der Waals surface area contributed by atoms with Crippen molar-refractivity contribution in [3.05, 3.63) is 29.1 Å². The fraction of sp³-hybridized carbons (Fsp3) is 0.591. The molecule has 1 N–H and O–H groups in total. The van der Waals surface area contributed by atoms with E-state index >= 15 is 0 Å². The van der Waals surface area contributed by atoms with Crippen molar-refractivity contribution < 1.29 is 9.53 Å². The van der Waals surface area contributed by atoms with Crippen molar-refractivity contribution in [1.29, 1.82) is 0 Å². The lowest BCUT2D eigenvalue weighted by Gasteiger charge is -2.52. The molecule has 5 fully saturated rings. The van der Waals surface area contributed by atoms with Crippen LogP contribution >= 0.6 is 11.3 Å². The van der Waals surface area contributed by atoms with Gasteiger partial charge < -0.3 is 15.0 Å². The summed E-state index contributed by atoms with van der Waals surface area (Å²) >= 11 is 1.65. The van der Waals surface area contributed by atoms with E-state index in [1.165, 1.54) is 54.5 Å². The van der Waals surface area contributed by atoms with E-state index in [2.05, 4.69) is 39.4 Å². The lowest BCUT2D eigenvalue weighted by atomic mass is 9.77. The molecule has 0 radical (unpaired) electrons. The van der Waals surface area contributed by atoms with Gasteiger partial charge in [-0.15, -0.1) is 11.3 Å². The third kappa shape index (κ3) is 2.61. The van der Waals surface area contributed by atoms with Crippen molar-refractivity contribution in [3.8, 4) is 0 Å². The zero-order valence-corrected chi connectivity index (χ0v) is 17.0. The van der Waals surface area contributed by atoms with Gasteiger partial charge in [-0.3, -0.25) is 9.69 Å². The van der Waals surface area contributed by atoms with Crippen LogP contribution in [0.4, 0.5) is 5.69 Å². The maximum Gasteiger partial charge on any atom is 0.261 e. The van der Waals surface area contributed by atoms with Gasteiger partial charge in [-0.1, -0.05) is 12.1 Å². The lowest BCUT2D eigenvalue weighted by Crippen LogP contribution is -2.65. The number of thiophene rings is 1. The number of ether oxygens (including phenoxy) is 1. The molecular weight excluding hydrogens is 370 g/mol. The van der Waals surface area contributed by atoms with Gasteiger partial charge in [0.1, 0.15) is 0 Å². The summed E-state index contributed by atoms with van der Waals surface area (Å²) in [5.74, 6) is 0.786. The number of fused-ring (bicyclic) bond motifs is 3. The van der Waals surface area contributed by atoms with E-state index in [0.29, 0.717) is 12.0 Å². The highest BCUT2D eigenvalue weighted by atomic mass is 32.1. The summed E-state index contributed by atoms with van der Waals surface area (Å²) in [4.78, 5) is 19.1. The monoisotopic (exact) mass is 397 g/mol. The third-order valence-electron chi connectivity index (χ3n) is 7.37. The van der Waals surface area contributed by atoms with E-state index < -0.39 is 0 Å². The maximum atomic E-state index is 13.2. The number of carbonyl (C=O) groups excluding carboxylic acids is 1. The number of benzene rings is 1. The van der Waals surface area contributed by atoms with Gasteiger partial charge in [0.25, 0.3) is 5.91 Å². The Labute approximate surface area is 169 Å². The molecule has 6 heteroatoms. The first kappa shape index (κ1) is 17.2. The molecule has 5 heterocycles. The molecule has 148 valence electrons. The molecule has 4 aliphatic heterocycles. The van der Waals surface area contributed by atoms with Crippen LogP contribution in [0.15, 0.2) is 24.3 Å². The summed E-state index contributed by atoms with van der Waals surface area (Å²) < 4.78 is 6.73. The van der Waals surface area contributed by atoms with E-state index in [1.54, 1.807) is 11.3 Å². The lowest BCUT2D eigenvalue weighted by molar-refractivity contribution is -0.00138. The predicted molar refractivity (Wildman–Crippen MR) is 112 cm³/mol. The molecule has 7 rings (SSSR count). The number of rotatable bonds is 3. The van der Waals surface area contributed by atoms with Gasteiger partial charge in [0.15, 0.2) is 0 Å². The van der Waals surface area contributed by atoms with Crippen LogP contribution in [0.1, 0.15) is 35.4 Å². The van der Waals surface area contributed by atoms with Gasteiger partial charge in [0.2, 0.25) is 0 Å².